The van der Waals surface area contributed by atoms with Gasteiger partial charge in [0.1, 0.15) is 12.3 Å². The number of carbonyl (C=O) groups is 1. The molecule has 3 aromatic carbocycles. The Morgan fingerprint density at radius 2 is 1.62 bits per heavy atom. The first-order valence-corrected chi connectivity index (χ1v) is 13.0. The van der Waals surface area contributed by atoms with E-state index in [4.69, 9.17) is 4.74 Å². The van der Waals surface area contributed by atoms with Crippen molar-refractivity contribution < 1.29 is 17.9 Å². The Balaban J connectivity index is 1.66. The summed E-state index contributed by atoms with van der Waals surface area (Å²) in [5, 5.41) is 2.87. The number of nitrogens with one attached hydrogen (secondary N) is 1. The highest BCUT2D eigenvalue weighted by molar-refractivity contribution is 7.92. The minimum absolute atomic E-state index is 0.148. The third-order valence-electron chi connectivity index (χ3n) is 5.38. The van der Waals surface area contributed by atoms with Crippen molar-refractivity contribution >= 4 is 21.6 Å². The summed E-state index contributed by atoms with van der Waals surface area (Å²) in [6.07, 6.45) is 2.41. The number of benzene rings is 3. The van der Waals surface area contributed by atoms with Gasteiger partial charge in [-0.25, -0.2) is 8.42 Å². The molecule has 1 N–H and O–H groups in total. The molecule has 0 aliphatic rings. The molecule has 1 amide bonds. The van der Waals surface area contributed by atoms with E-state index in [-0.39, 0.29) is 17.3 Å². The summed E-state index contributed by atoms with van der Waals surface area (Å²) in [6, 6.07) is 23.2. The van der Waals surface area contributed by atoms with Crippen molar-refractivity contribution in [1.29, 1.82) is 0 Å². The van der Waals surface area contributed by atoms with E-state index in [0.717, 1.165) is 29.7 Å². The monoisotopic (exact) mass is 480 g/mol. The molecule has 0 saturated heterocycles. The first-order chi connectivity index (χ1) is 16.4. The van der Waals surface area contributed by atoms with Crippen molar-refractivity contribution in [2.24, 2.45) is 0 Å². The van der Waals surface area contributed by atoms with Crippen LogP contribution in [-0.4, -0.2) is 34.0 Å². The third-order valence-corrected chi connectivity index (χ3v) is 7.16. The number of rotatable bonds is 12. The minimum Gasteiger partial charge on any atom is -0.493 e. The second kappa shape index (κ2) is 12.2. The molecular weight excluding hydrogens is 448 g/mol. The predicted molar refractivity (Wildman–Crippen MR) is 136 cm³/mol. The molecule has 0 fully saturated rings. The summed E-state index contributed by atoms with van der Waals surface area (Å²) in [4.78, 5) is 12.9. The Labute approximate surface area is 202 Å². The normalized spacial score (nSPS) is 11.1. The lowest BCUT2D eigenvalue weighted by atomic mass is 10.1. The van der Waals surface area contributed by atoms with E-state index in [0.29, 0.717) is 25.3 Å². The summed E-state index contributed by atoms with van der Waals surface area (Å²) in [7, 11) is -3.90. The highest BCUT2D eigenvalue weighted by Gasteiger charge is 2.27. The zero-order chi connectivity index (χ0) is 24.4. The maximum absolute atomic E-state index is 13.4. The number of para-hydroxylation sites is 2. The van der Waals surface area contributed by atoms with Crippen molar-refractivity contribution in [3.63, 3.8) is 0 Å². The fourth-order valence-electron chi connectivity index (χ4n) is 3.62. The second-order valence-electron chi connectivity index (χ2n) is 8.02. The largest absolute Gasteiger partial charge is 0.493 e. The van der Waals surface area contributed by atoms with E-state index in [1.807, 2.05) is 43.3 Å². The Morgan fingerprint density at radius 3 is 2.35 bits per heavy atom. The molecule has 0 aliphatic carbocycles. The van der Waals surface area contributed by atoms with Crippen LogP contribution >= 0.6 is 0 Å². The van der Waals surface area contributed by atoms with Crippen LogP contribution in [-0.2, 0) is 21.2 Å². The fourth-order valence-corrected chi connectivity index (χ4v) is 5.13. The number of ether oxygens (including phenoxy) is 1. The van der Waals surface area contributed by atoms with Gasteiger partial charge in [-0.3, -0.25) is 9.10 Å². The molecule has 0 atom stereocenters. The Bertz CT molecular complexity index is 1180. The van der Waals surface area contributed by atoms with Gasteiger partial charge in [0.05, 0.1) is 17.2 Å². The third kappa shape index (κ3) is 6.60. The van der Waals surface area contributed by atoms with Crippen molar-refractivity contribution in [1.82, 2.24) is 5.32 Å². The topological polar surface area (TPSA) is 75.7 Å². The Kier molecular flexibility index (Phi) is 9.10. The standard InChI is InChI=1S/C27H32N2O4S/c1-3-20-33-26-18-10-8-13-23(26)14-11-19-28-27(30)21-29(25-17-9-7-12-22(25)2)34(31,32)24-15-5-4-6-16-24/h4-10,12-13,15-18H,3,11,14,19-21H2,1-2H3,(H,28,30). The van der Waals surface area contributed by atoms with Gasteiger partial charge in [-0.1, -0.05) is 61.5 Å². The molecular formula is C27H32N2O4S. The van der Waals surface area contributed by atoms with Crippen molar-refractivity contribution in [3.05, 3.63) is 90.0 Å². The molecule has 3 aromatic rings. The highest BCUT2D eigenvalue weighted by Crippen LogP contribution is 2.26. The average Bonchev–Trinajstić information content (AvgIpc) is 2.85. The van der Waals surface area contributed by atoms with E-state index in [1.54, 1.807) is 30.3 Å². The highest BCUT2D eigenvalue weighted by atomic mass is 32.2. The number of sulfonamides is 1. The number of anilines is 1. The maximum Gasteiger partial charge on any atom is 0.264 e. The van der Waals surface area contributed by atoms with Crippen LogP contribution in [0.4, 0.5) is 5.69 Å². The molecule has 180 valence electrons. The Morgan fingerprint density at radius 1 is 0.941 bits per heavy atom. The van der Waals surface area contributed by atoms with Gasteiger partial charge in [-0.2, -0.15) is 0 Å². The van der Waals surface area contributed by atoms with Gasteiger partial charge in [0.2, 0.25) is 5.91 Å². The van der Waals surface area contributed by atoms with Crippen molar-refractivity contribution in [2.45, 2.75) is 38.0 Å². The fraction of sp³-hybridized carbons (Fsp3) is 0.296. The van der Waals surface area contributed by atoms with Gasteiger partial charge < -0.3 is 10.1 Å². The zero-order valence-electron chi connectivity index (χ0n) is 19.7. The zero-order valence-corrected chi connectivity index (χ0v) is 20.6. The van der Waals surface area contributed by atoms with Crippen LogP contribution in [0.1, 0.15) is 30.9 Å². The molecule has 0 aromatic heterocycles. The molecule has 0 saturated carbocycles. The van der Waals surface area contributed by atoms with Gasteiger partial charge in [0.25, 0.3) is 10.0 Å². The number of nitrogens with zero attached hydrogens (tertiary/aromatic N) is 1. The molecule has 34 heavy (non-hydrogen) atoms. The molecule has 0 aliphatic heterocycles. The number of hydrogen-bond acceptors (Lipinski definition) is 4. The van der Waals surface area contributed by atoms with Crippen LogP contribution in [0.2, 0.25) is 0 Å². The lowest BCUT2D eigenvalue weighted by Gasteiger charge is -2.25. The van der Waals surface area contributed by atoms with Crippen molar-refractivity contribution in [3.8, 4) is 5.75 Å². The van der Waals surface area contributed by atoms with Gasteiger partial charge in [-0.05, 0) is 61.6 Å². The molecule has 3 rings (SSSR count). The molecule has 0 spiro atoms. The van der Waals surface area contributed by atoms with Crippen LogP contribution in [0.5, 0.6) is 5.75 Å². The van der Waals surface area contributed by atoms with Crippen LogP contribution in [0.3, 0.4) is 0 Å². The van der Waals surface area contributed by atoms with Gasteiger partial charge in [0.15, 0.2) is 0 Å². The number of aryl methyl sites for hydroxylation is 2. The van der Waals surface area contributed by atoms with Crippen LogP contribution in [0, 0.1) is 6.92 Å². The van der Waals surface area contributed by atoms with Gasteiger partial charge >= 0.3 is 0 Å². The van der Waals surface area contributed by atoms with Crippen LogP contribution in [0.25, 0.3) is 0 Å². The Hall–Kier alpha value is -3.32. The summed E-state index contributed by atoms with van der Waals surface area (Å²) in [5.41, 5.74) is 2.36. The molecule has 0 bridgehead atoms. The first-order valence-electron chi connectivity index (χ1n) is 11.5. The minimum atomic E-state index is -3.90. The smallest absolute Gasteiger partial charge is 0.264 e. The number of hydrogen-bond donors (Lipinski definition) is 1. The lowest BCUT2D eigenvalue weighted by Crippen LogP contribution is -2.41. The van der Waals surface area contributed by atoms with Crippen LogP contribution < -0.4 is 14.4 Å². The first kappa shape index (κ1) is 25.3. The quantitative estimate of drug-likeness (QED) is 0.380. The molecule has 0 radical (unpaired) electrons. The van der Waals surface area contributed by atoms with E-state index in [9.17, 15) is 13.2 Å². The molecule has 0 heterocycles. The van der Waals surface area contributed by atoms with Crippen LogP contribution in [0.15, 0.2) is 83.8 Å². The number of carbonyl (C=O) groups excluding carboxylic acids is 1. The molecule has 0 unspecified atom stereocenters. The average molecular weight is 481 g/mol. The van der Waals surface area contributed by atoms with Crippen molar-refractivity contribution in [2.75, 3.05) is 24.0 Å². The second-order valence-corrected chi connectivity index (χ2v) is 9.88. The van der Waals surface area contributed by atoms with Gasteiger partial charge in [0, 0.05) is 6.54 Å². The lowest BCUT2D eigenvalue weighted by molar-refractivity contribution is -0.119. The van der Waals surface area contributed by atoms with E-state index in [1.165, 1.54) is 16.4 Å². The predicted octanol–water partition coefficient (Wildman–Crippen LogP) is 4.73. The molecule has 6 nitrogen and oxygen atoms in total. The summed E-state index contributed by atoms with van der Waals surface area (Å²) < 4.78 is 33.8. The van der Waals surface area contributed by atoms with E-state index < -0.39 is 10.0 Å². The molecule has 7 heteroatoms. The van der Waals surface area contributed by atoms with E-state index >= 15 is 0 Å². The summed E-state index contributed by atoms with van der Waals surface area (Å²) >= 11 is 0. The summed E-state index contributed by atoms with van der Waals surface area (Å²) in [6.45, 7) is 4.71. The SMILES string of the molecule is CCCOc1ccccc1CCCNC(=O)CN(c1ccccc1C)S(=O)(=O)c1ccccc1. The van der Waals surface area contributed by atoms with Gasteiger partial charge in [-0.15, -0.1) is 0 Å². The van der Waals surface area contributed by atoms with E-state index in [2.05, 4.69) is 12.2 Å². The number of amides is 1. The summed E-state index contributed by atoms with van der Waals surface area (Å²) in [5.74, 6) is 0.522. The maximum atomic E-state index is 13.4.